The summed E-state index contributed by atoms with van der Waals surface area (Å²) in [5, 5.41) is 8.39. The van der Waals surface area contributed by atoms with Crippen molar-refractivity contribution in [2.24, 2.45) is 13.0 Å². The Morgan fingerprint density at radius 3 is 2.60 bits per heavy atom. The third-order valence-corrected chi connectivity index (χ3v) is 8.34. The molecular formula is C28H29F3N6O3. The molecule has 6 rings (SSSR count). The van der Waals surface area contributed by atoms with Crippen LogP contribution in [0.2, 0.25) is 0 Å². The number of likely N-dealkylation sites (tertiary alicyclic amines) is 1. The number of aryl methyl sites for hydroxylation is 1. The van der Waals surface area contributed by atoms with Gasteiger partial charge in [-0.1, -0.05) is 18.6 Å². The lowest BCUT2D eigenvalue weighted by molar-refractivity contribution is -0.136. The molecule has 0 unspecified atom stereocenters. The molecule has 1 aliphatic heterocycles. The molecule has 1 aromatic carbocycles. The number of carbonyl (C=O) groups is 1. The van der Waals surface area contributed by atoms with E-state index in [0.717, 1.165) is 41.1 Å². The van der Waals surface area contributed by atoms with Gasteiger partial charge in [0.2, 0.25) is 0 Å². The fraction of sp³-hybridized carbons (Fsp3) is 0.429. The van der Waals surface area contributed by atoms with Gasteiger partial charge in [0.25, 0.3) is 0 Å². The number of alkyl halides is 3. The molecule has 0 radical (unpaired) electrons. The minimum atomic E-state index is -4.68. The molecule has 1 saturated carbocycles. The zero-order chi connectivity index (χ0) is 28.2. The highest BCUT2D eigenvalue weighted by molar-refractivity contribution is 5.68. The fourth-order valence-electron chi connectivity index (χ4n) is 6.02. The van der Waals surface area contributed by atoms with Crippen molar-refractivity contribution in [3.63, 3.8) is 0 Å². The number of ether oxygens (including phenoxy) is 1. The van der Waals surface area contributed by atoms with Crippen molar-refractivity contribution in [2.45, 2.75) is 43.7 Å². The maximum Gasteiger partial charge on any atom is 0.418 e. The number of aromatic nitrogens is 5. The number of hydrogen-bond donors (Lipinski definition) is 0. The molecule has 0 bridgehead atoms. The first-order chi connectivity index (χ1) is 19.2. The average molecular weight is 555 g/mol. The average Bonchev–Trinajstić information content (AvgIpc) is 3.64. The van der Waals surface area contributed by atoms with Gasteiger partial charge in [-0.25, -0.2) is 9.59 Å². The van der Waals surface area contributed by atoms with E-state index in [1.165, 1.54) is 29.0 Å². The lowest BCUT2D eigenvalue weighted by Crippen LogP contribution is -2.28. The third kappa shape index (κ3) is 4.44. The second-order valence-electron chi connectivity index (χ2n) is 10.7. The van der Waals surface area contributed by atoms with Gasteiger partial charge in [-0.2, -0.15) is 13.2 Å². The van der Waals surface area contributed by atoms with Crippen molar-refractivity contribution < 1.29 is 22.7 Å². The molecular weight excluding hydrogens is 525 g/mol. The van der Waals surface area contributed by atoms with E-state index >= 15 is 0 Å². The Balaban J connectivity index is 1.44. The third-order valence-electron chi connectivity index (χ3n) is 8.34. The Morgan fingerprint density at radius 2 is 1.95 bits per heavy atom. The standard InChI is InChI=1S/C28H29F3N6O3/c1-34-16-32-33-25(34)24(17-5-3-6-17)18-7-4-8-21(11-18)36-15-23-22(28(29,30)31)12-20(14-37(23)26(36)38)19-9-10-35(13-19)27(39)40-2/h4,7-8,11-12,14-17,19,24H,3,5-6,9-10,13H2,1-2H3/t19-,24-/m1/s1. The number of pyridine rings is 1. The van der Waals surface area contributed by atoms with Crippen LogP contribution in [-0.2, 0) is 18.0 Å². The van der Waals surface area contributed by atoms with Crippen molar-refractivity contribution in [1.82, 2.24) is 28.6 Å². The topological polar surface area (TPSA) is 86.7 Å². The van der Waals surface area contributed by atoms with E-state index in [1.54, 1.807) is 12.4 Å². The SMILES string of the molecule is COC(=O)N1CC[C@@H](c2cc(C(F)(F)F)c3cn(-c4cccc([C@H](c5nncn5C)C5CCC5)c4)c(=O)n3c2)C1. The summed E-state index contributed by atoms with van der Waals surface area (Å²) in [6.45, 7) is 0.588. The second kappa shape index (κ2) is 9.83. The molecule has 4 aromatic rings. The summed E-state index contributed by atoms with van der Waals surface area (Å²) >= 11 is 0. The summed E-state index contributed by atoms with van der Waals surface area (Å²) in [6, 6.07) is 8.46. The van der Waals surface area contributed by atoms with Crippen LogP contribution < -0.4 is 5.69 Å². The summed E-state index contributed by atoms with van der Waals surface area (Å²) in [4.78, 5) is 27.0. The predicted octanol–water partition coefficient (Wildman–Crippen LogP) is 4.73. The zero-order valence-corrected chi connectivity index (χ0v) is 22.1. The molecule has 0 spiro atoms. The number of imidazole rings is 1. The molecule has 210 valence electrons. The number of carbonyl (C=O) groups excluding carboxylic acids is 1. The van der Waals surface area contributed by atoms with Crippen molar-refractivity contribution in [3.8, 4) is 5.69 Å². The van der Waals surface area contributed by atoms with Gasteiger partial charge < -0.3 is 14.2 Å². The molecule has 2 fully saturated rings. The smallest absolute Gasteiger partial charge is 0.418 e. The highest BCUT2D eigenvalue weighted by atomic mass is 19.4. The van der Waals surface area contributed by atoms with Gasteiger partial charge in [-0.15, -0.1) is 10.2 Å². The van der Waals surface area contributed by atoms with Crippen molar-refractivity contribution >= 4 is 11.6 Å². The molecule has 1 aliphatic carbocycles. The van der Waals surface area contributed by atoms with E-state index in [1.807, 2.05) is 29.8 Å². The van der Waals surface area contributed by atoms with E-state index in [-0.39, 0.29) is 23.9 Å². The van der Waals surface area contributed by atoms with Crippen LogP contribution in [-0.4, -0.2) is 54.9 Å². The lowest BCUT2D eigenvalue weighted by Gasteiger charge is -2.33. The molecule has 4 heterocycles. The van der Waals surface area contributed by atoms with Crippen LogP contribution in [0.15, 0.2) is 53.8 Å². The number of nitrogens with zero attached hydrogens (tertiary/aromatic N) is 6. The van der Waals surface area contributed by atoms with Crippen LogP contribution in [0.25, 0.3) is 11.2 Å². The monoisotopic (exact) mass is 554 g/mol. The Kier molecular flexibility index (Phi) is 6.42. The van der Waals surface area contributed by atoms with Crippen LogP contribution >= 0.6 is 0 Å². The summed E-state index contributed by atoms with van der Waals surface area (Å²) in [6.07, 6.45) is 2.87. The molecule has 2 aliphatic rings. The van der Waals surface area contributed by atoms with Gasteiger partial charge in [-0.3, -0.25) is 8.97 Å². The molecule has 0 N–H and O–H groups in total. The van der Waals surface area contributed by atoms with E-state index in [0.29, 0.717) is 30.1 Å². The maximum atomic E-state index is 14.3. The maximum absolute atomic E-state index is 14.3. The number of benzene rings is 1. The Bertz CT molecular complexity index is 1630. The van der Waals surface area contributed by atoms with E-state index in [2.05, 4.69) is 10.2 Å². The summed E-state index contributed by atoms with van der Waals surface area (Å²) in [7, 11) is 3.16. The Hall–Kier alpha value is -4.09. The number of amides is 1. The number of hydrogen-bond acceptors (Lipinski definition) is 5. The fourth-order valence-corrected chi connectivity index (χ4v) is 6.02. The summed E-state index contributed by atoms with van der Waals surface area (Å²) < 4.78 is 51.8. The molecule has 9 nitrogen and oxygen atoms in total. The number of rotatable bonds is 5. The second-order valence-corrected chi connectivity index (χ2v) is 10.7. The molecule has 1 amide bonds. The van der Waals surface area contributed by atoms with Gasteiger partial charge in [0.15, 0.2) is 0 Å². The largest absolute Gasteiger partial charge is 0.453 e. The highest BCUT2D eigenvalue weighted by Gasteiger charge is 2.37. The molecule has 1 saturated heterocycles. The van der Waals surface area contributed by atoms with Crippen LogP contribution in [0, 0.1) is 5.92 Å². The Labute approximate surface area is 227 Å². The molecule has 40 heavy (non-hydrogen) atoms. The minimum absolute atomic E-state index is 0.0357. The van der Waals surface area contributed by atoms with Crippen LogP contribution in [0.4, 0.5) is 18.0 Å². The van der Waals surface area contributed by atoms with Crippen molar-refractivity contribution in [1.29, 1.82) is 0 Å². The molecule has 3 aromatic heterocycles. The highest BCUT2D eigenvalue weighted by Crippen LogP contribution is 2.43. The number of halogens is 3. The normalized spacial score (nSPS) is 18.7. The quantitative estimate of drug-likeness (QED) is 0.356. The first-order valence-corrected chi connectivity index (χ1v) is 13.3. The predicted molar refractivity (Wildman–Crippen MR) is 140 cm³/mol. The van der Waals surface area contributed by atoms with Crippen LogP contribution in [0.3, 0.4) is 0 Å². The minimum Gasteiger partial charge on any atom is -0.453 e. The molecule has 12 heteroatoms. The van der Waals surface area contributed by atoms with Gasteiger partial charge in [-0.05, 0) is 54.5 Å². The molecule has 2 atom stereocenters. The van der Waals surface area contributed by atoms with E-state index in [4.69, 9.17) is 4.74 Å². The van der Waals surface area contributed by atoms with Crippen LogP contribution in [0.5, 0.6) is 0 Å². The van der Waals surface area contributed by atoms with Gasteiger partial charge in [0, 0.05) is 44.4 Å². The summed E-state index contributed by atoms with van der Waals surface area (Å²) in [5.41, 5.74) is 0.0581. The van der Waals surface area contributed by atoms with Gasteiger partial charge >= 0.3 is 18.0 Å². The Morgan fingerprint density at radius 1 is 1.15 bits per heavy atom. The first kappa shape index (κ1) is 26.1. The van der Waals surface area contributed by atoms with E-state index < -0.39 is 23.5 Å². The van der Waals surface area contributed by atoms with Crippen LogP contribution in [0.1, 0.15) is 60.0 Å². The van der Waals surface area contributed by atoms with Gasteiger partial charge in [0.1, 0.15) is 12.2 Å². The van der Waals surface area contributed by atoms with E-state index in [9.17, 15) is 22.8 Å². The lowest BCUT2D eigenvalue weighted by atomic mass is 9.72. The number of fused-ring (bicyclic) bond motifs is 1. The van der Waals surface area contributed by atoms with Crippen molar-refractivity contribution in [2.75, 3.05) is 20.2 Å². The summed E-state index contributed by atoms with van der Waals surface area (Å²) in [5.74, 6) is 0.806. The first-order valence-electron chi connectivity index (χ1n) is 13.3. The zero-order valence-electron chi connectivity index (χ0n) is 22.1. The van der Waals surface area contributed by atoms with Gasteiger partial charge in [0.05, 0.1) is 23.9 Å². The number of methoxy groups -OCH3 is 1. The van der Waals surface area contributed by atoms with Crippen molar-refractivity contribution in [3.05, 3.63) is 82.1 Å².